The molecule has 0 unspecified atom stereocenters. The predicted octanol–water partition coefficient (Wildman–Crippen LogP) is -2.10. The molecule has 0 spiro atoms. The molecule has 3 heterocycles. The molecule has 16 N–H and O–H groups in total. The van der Waals surface area contributed by atoms with Crippen molar-refractivity contribution in [2.75, 3.05) is 13.1 Å². The molecule has 21 nitrogen and oxygen atoms in total. The highest BCUT2D eigenvalue weighted by molar-refractivity contribution is 5.97. The maximum absolute atomic E-state index is 14.4. The number of nitrogens with one attached hydrogen (secondary N) is 8. The fraction of sp³-hybridized carbons (Fsp3) is 0.405. The van der Waals surface area contributed by atoms with Crippen LogP contribution in [0.25, 0.3) is 10.9 Å². The molecule has 0 saturated carbocycles. The lowest BCUT2D eigenvalue weighted by atomic mass is 10.0. The number of para-hydroxylation sites is 1. The number of amides is 7. The van der Waals surface area contributed by atoms with Crippen LogP contribution in [0, 0.1) is 0 Å². The van der Waals surface area contributed by atoms with Crippen LogP contribution in [0.4, 0.5) is 0 Å². The number of carbonyl (C=O) groups is 7. The maximum Gasteiger partial charge on any atom is 0.243 e. The number of H-pyrrole nitrogens is 2. The number of nitrogens with two attached hydrogens (primary N) is 4. The normalized spacial score (nSPS) is 22.7. The van der Waals surface area contributed by atoms with E-state index in [1.54, 1.807) is 36.5 Å². The van der Waals surface area contributed by atoms with Crippen molar-refractivity contribution in [3.05, 3.63) is 90.1 Å². The number of aliphatic imine (C=N–C) groups is 1. The number of benzene rings is 2. The minimum absolute atomic E-state index is 0.00512. The van der Waals surface area contributed by atoms with Gasteiger partial charge in [0.25, 0.3) is 0 Å². The van der Waals surface area contributed by atoms with E-state index in [1.807, 2.05) is 24.3 Å². The minimum Gasteiger partial charge on any atom is -0.370 e. The van der Waals surface area contributed by atoms with Crippen LogP contribution in [0.2, 0.25) is 0 Å². The first-order valence-electron chi connectivity index (χ1n) is 20.7. The van der Waals surface area contributed by atoms with E-state index in [0.29, 0.717) is 29.7 Å². The summed E-state index contributed by atoms with van der Waals surface area (Å²) in [5.41, 5.74) is 25.6. The molecule has 5 rings (SSSR count). The van der Waals surface area contributed by atoms with Gasteiger partial charge in [-0.1, -0.05) is 48.5 Å². The first kappa shape index (κ1) is 46.8. The average Bonchev–Trinajstić information content (AvgIpc) is 3.93. The summed E-state index contributed by atoms with van der Waals surface area (Å²) in [6, 6.07) is 8.55. The zero-order valence-corrected chi connectivity index (χ0v) is 34.7. The van der Waals surface area contributed by atoms with Gasteiger partial charge in [0.1, 0.15) is 30.2 Å². The molecule has 63 heavy (non-hydrogen) atoms. The largest absolute Gasteiger partial charge is 0.370 e. The van der Waals surface area contributed by atoms with Gasteiger partial charge in [-0.15, -0.1) is 0 Å². The second-order valence-electron chi connectivity index (χ2n) is 15.3. The number of nitrogens with zero attached hydrogens (tertiary/aromatic N) is 2. The first-order valence-corrected chi connectivity index (χ1v) is 20.7. The molecule has 2 aromatic carbocycles. The Labute approximate surface area is 363 Å². The molecule has 0 radical (unpaired) electrons. The van der Waals surface area contributed by atoms with Gasteiger partial charge in [-0.05, 0) is 49.3 Å². The van der Waals surface area contributed by atoms with Crippen LogP contribution in [0.15, 0.2) is 78.3 Å². The number of hydrogen-bond donors (Lipinski definition) is 12. The molecule has 1 aliphatic rings. The monoisotopic (exact) mass is 868 g/mol. The van der Waals surface area contributed by atoms with E-state index in [1.165, 1.54) is 12.5 Å². The van der Waals surface area contributed by atoms with Crippen molar-refractivity contribution >= 4 is 58.2 Å². The Hall–Kier alpha value is -7.29. The van der Waals surface area contributed by atoms with Crippen LogP contribution in [-0.2, 0) is 52.8 Å². The number of primary amides is 1. The SMILES string of the molecule is NC(=O)[C@@H]1CCCCNC(=O)C[C@H](N)C(=O)N[C@H](Cc2cnc[nH]2)C(=O)N[C@H](Cc2ccccc2)C(=O)N[C@H](CCCN=C(N)N)C(=O)N[C@@H](Cc2c[nH]c3ccccc23)C(=O)N1. The lowest BCUT2D eigenvalue weighted by Gasteiger charge is -2.27. The smallest absolute Gasteiger partial charge is 0.243 e. The van der Waals surface area contributed by atoms with E-state index in [2.05, 4.69) is 51.8 Å². The van der Waals surface area contributed by atoms with Gasteiger partial charge in [0, 0.05) is 61.3 Å². The molecular formula is C42H56N14O7. The lowest BCUT2D eigenvalue weighted by Crippen LogP contribution is -2.60. The highest BCUT2D eigenvalue weighted by Crippen LogP contribution is 2.20. The second-order valence-corrected chi connectivity index (χ2v) is 15.3. The van der Waals surface area contributed by atoms with Gasteiger partial charge in [-0.2, -0.15) is 0 Å². The van der Waals surface area contributed by atoms with Crippen molar-refractivity contribution in [3.8, 4) is 0 Å². The third-order valence-electron chi connectivity index (χ3n) is 10.5. The highest BCUT2D eigenvalue weighted by atomic mass is 16.2. The summed E-state index contributed by atoms with van der Waals surface area (Å²) in [5.74, 6) is -5.31. The van der Waals surface area contributed by atoms with Gasteiger partial charge in [0.05, 0.1) is 18.8 Å². The minimum atomic E-state index is -1.35. The van der Waals surface area contributed by atoms with E-state index < -0.39 is 84.0 Å². The zero-order valence-electron chi connectivity index (χ0n) is 34.7. The fourth-order valence-electron chi connectivity index (χ4n) is 7.11. The highest BCUT2D eigenvalue weighted by Gasteiger charge is 2.34. The topological polar surface area (TPSA) is 353 Å². The molecule has 336 valence electrons. The summed E-state index contributed by atoms with van der Waals surface area (Å²) in [5, 5.41) is 17.1. The molecule has 4 aromatic rings. The number of guanidine groups is 1. The quantitative estimate of drug-likeness (QED) is 0.0440. The molecule has 0 bridgehead atoms. The Morgan fingerprint density at radius 2 is 1.35 bits per heavy atom. The zero-order chi connectivity index (χ0) is 45.3. The summed E-state index contributed by atoms with van der Waals surface area (Å²) >= 11 is 0. The molecule has 21 heteroatoms. The third kappa shape index (κ3) is 14.4. The molecular weight excluding hydrogens is 813 g/mol. The van der Waals surface area contributed by atoms with E-state index in [-0.39, 0.29) is 57.6 Å². The van der Waals surface area contributed by atoms with Crippen LogP contribution in [-0.4, -0.2) is 112 Å². The molecule has 6 atom stereocenters. The van der Waals surface area contributed by atoms with Crippen LogP contribution in [0.3, 0.4) is 0 Å². The fourth-order valence-corrected chi connectivity index (χ4v) is 7.11. The van der Waals surface area contributed by atoms with Crippen molar-refractivity contribution in [2.45, 2.75) is 94.0 Å². The van der Waals surface area contributed by atoms with Crippen molar-refractivity contribution in [3.63, 3.8) is 0 Å². The van der Waals surface area contributed by atoms with Crippen molar-refractivity contribution in [1.29, 1.82) is 0 Å². The Bertz CT molecular complexity index is 2220. The summed E-state index contributed by atoms with van der Waals surface area (Å²) in [7, 11) is 0. The Morgan fingerprint density at radius 3 is 2.05 bits per heavy atom. The number of carbonyl (C=O) groups excluding carboxylic acids is 7. The molecule has 1 fully saturated rings. The van der Waals surface area contributed by atoms with E-state index in [4.69, 9.17) is 22.9 Å². The van der Waals surface area contributed by atoms with Crippen LogP contribution < -0.4 is 54.8 Å². The molecule has 1 saturated heterocycles. The summed E-state index contributed by atoms with van der Waals surface area (Å²) in [6.45, 7) is 0.259. The van der Waals surface area contributed by atoms with Gasteiger partial charge < -0.3 is 64.8 Å². The van der Waals surface area contributed by atoms with Crippen LogP contribution in [0.1, 0.15) is 55.3 Å². The van der Waals surface area contributed by atoms with Crippen molar-refractivity contribution < 1.29 is 33.6 Å². The molecule has 1 aliphatic heterocycles. The number of hydrogen-bond acceptors (Lipinski definition) is 10. The van der Waals surface area contributed by atoms with Crippen molar-refractivity contribution in [2.24, 2.45) is 27.9 Å². The number of aromatic nitrogens is 3. The van der Waals surface area contributed by atoms with Crippen LogP contribution >= 0.6 is 0 Å². The summed E-state index contributed by atoms with van der Waals surface area (Å²) in [6.07, 6.45) is 5.07. The van der Waals surface area contributed by atoms with Gasteiger partial charge >= 0.3 is 0 Å². The van der Waals surface area contributed by atoms with Gasteiger partial charge in [0.2, 0.25) is 41.4 Å². The standard InChI is InChI=1S/C42H56N14O7/c43-28-20-35(57)48-15-7-6-13-30(36(44)58)52-40(62)33(18-25-21-50-29-12-5-4-11-27(25)29)56-38(60)31(14-8-16-49-42(45)46)53-39(61)32(17-24-9-2-1-3-10-24)55-41(63)34(54-37(28)59)19-26-22-47-23-51-26/h1-5,9-12,21-23,28,30-34,50H,6-8,13-20,43H2,(H2,44,58)(H,47,51)(H,48,57)(H,52,62)(H,53,61)(H,54,59)(H,55,63)(H,56,60)(H4,45,46,49)/t28-,30-,31+,32+,33-,34+/m0/s1. The van der Waals surface area contributed by atoms with E-state index >= 15 is 0 Å². The van der Waals surface area contributed by atoms with Gasteiger partial charge in [-0.25, -0.2) is 4.98 Å². The number of aromatic amines is 2. The Balaban J connectivity index is 1.51. The Kier molecular flexibility index (Phi) is 17.1. The molecule has 0 aliphatic carbocycles. The number of fused-ring (bicyclic) bond motifs is 1. The predicted molar refractivity (Wildman–Crippen MR) is 233 cm³/mol. The van der Waals surface area contributed by atoms with Crippen molar-refractivity contribution in [1.82, 2.24) is 46.9 Å². The Morgan fingerprint density at radius 1 is 0.714 bits per heavy atom. The molecule has 2 aromatic heterocycles. The molecule has 7 amide bonds. The third-order valence-corrected chi connectivity index (χ3v) is 10.5. The van der Waals surface area contributed by atoms with E-state index in [0.717, 1.165) is 10.9 Å². The number of rotatable bonds is 11. The lowest BCUT2D eigenvalue weighted by molar-refractivity contribution is -0.135. The first-order chi connectivity index (χ1) is 30.3. The summed E-state index contributed by atoms with van der Waals surface area (Å²) < 4.78 is 0. The number of imidazole rings is 1. The maximum atomic E-state index is 14.4. The second kappa shape index (κ2) is 23.1. The van der Waals surface area contributed by atoms with E-state index in [9.17, 15) is 33.6 Å². The van der Waals surface area contributed by atoms with Crippen LogP contribution in [0.5, 0.6) is 0 Å². The van der Waals surface area contributed by atoms with Gasteiger partial charge in [0.15, 0.2) is 5.96 Å². The van der Waals surface area contributed by atoms with Gasteiger partial charge in [-0.3, -0.25) is 38.6 Å². The summed E-state index contributed by atoms with van der Waals surface area (Å²) in [4.78, 5) is 110. The average molecular weight is 869 g/mol.